The van der Waals surface area contributed by atoms with Crippen LogP contribution in [0.1, 0.15) is 62.3 Å². The number of carbonyl (C=O) groups is 2. The first-order valence-electron chi connectivity index (χ1n) is 20.0. The molecule has 0 saturated carbocycles. The first-order chi connectivity index (χ1) is 27.9. The molecule has 16 heteroatoms. The molecule has 6 heterocycles. The van der Waals surface area contributed by atoms with Crippen LogP contribution >= 0.6 is 31.9 Å². The van der Waals surface area contributed by atoms with E-state index in [4.69, 9.17) is 14.5 Å². The first kappa shape index (κ1) is 48.9. The Kier molecular flexibility index (Phi) is 17.0. The molecule has 0 fully saturated rings. The monoisotopic (exact) mass is 978 g/mol. The topological polar surface area (TPSA) is 140 Å². The molecule has 0 N–H and O–H groups in total. The minimum Gasteiger partial charge on any atom is -0.361 e. The van der Waals surface area contributed by atoms with E-state index < -0.39 is 27.0 Å². The number of ketones is 2. The molecule has 0 atom stereocenters. The van der Waals surface area contributed by atoms with E-state index in [1.807, 2.05) is 99.5 Å². The summed E-state index contributed by atoms with van der Waals surface area (Å²) in [6.45, 7) is 27.6. The standard InChI is InChI=1S/C22H30N4O2Si.C17H26BrN3O2Si.C5H4BrN/c1-22(2,3)20(27)16-14-26(15-28-11-12-29(4,5)6)21-19(16)25-18(13-24-21)17-9-7-8-10-23-17;1-17(2,3)15(22)12-10-21(11-23-7-8-24(4,5)6)16-14(12)20-13(18)9-19-16;6-5-3-1-2-4-7-5/h7-10,13-14H,11-12,15H2,1-6H3;9-10H,7-8,11H2,1-6H3;1-4H. The Morgan fingerprint density at radius 2 is 1.07 bits per heavy atom. The number of rotatable bonds is 13. The lowest BCUT2D eigenvalue weighted by atomic mass is 9.87. The summed E-state index contributed by atoms with van der Waals surface area (Å²) in [5.41, 5.74) is 4.13. The average Bonchev–Trinajstić information content (AvgIpc) is 3.71. The Hall–Kier alpha value is -3.81. The van der Waals surface area contributed by atoms with E-state index in [1.165, 1.54) is 0 Å². The van der Waals surface area contributed by atoms with Crippen LogP contribution in [0.25, 0.3) is 33.7 Å². The van der Waals surface area contributed by atoms with Gasteiger partial charge in [0, 0.05) is 65.0 Å². The van der Waals surface area contributed by atoms with Gasteiger partial charge >= 0.3 is 0 Å². The van der Waals surface area contributed by atoms with Gasteiger partial charge in [-0.3, -0.25) is 14.6 Å². The molecule has 0 spiro atoms. The Morgan fingerprint density at radius 1 is 0.600 bits per heavy atom. The van der Waals surface area contributed by atoms with Gasteiger partial charge in [0.05, 0.1) is 29.2 Å². The Balaban J connectivity index is 0.000000230. The first-order valence-corrected chi connectivity index (χ1v) is 29.0. The van der Waals surface area contributed by atoms with Gasteiger partial charge in [-0.25, -0.2) is 24.9 Å². The van der Waals surface area contributed by atoms with Gasteiger partial charge in [-0.05, 0) is 68.2 Å². The predicted octanol–water partition coefficient (Wildman–Crippen LogP) is 11.6. The van der Waals surface area contributed by atoms with Crippen molar-refractivity contribution >= 4 is 81.9 Å². The largest absolute Gasteiger partial charge is 0.361 e. The van der Waals surface area contributed by atoms with Crippen LogP contribution in [0.4, 0.5) is 0 Å². The molecule has 0 bridgehead atoms. The molecule has 0 aliphatic carbocycles. The van der Waals surface area contributed by atoms with E-state index in [1.54, 1.807) is 24.8 Å². The summed E-state index contributed by atoms with van der Waals surface area (Å²) in [5.74, 6) is 0.0940. The van der Waals surface area contributed by atoms with Crippen molar-refractivity contribution in [3.05, 3.63) is 93.9 Å². The molecule has 6 aromatic heterocycles. The molecule has 6 aromatic rings. The van der Waals surface area contributed by atoms with Gasteiger partial charge in [-0.1, -0.05) is 93.0 Å². The van der Waals surface area contributed by atoms with Crippen molar-refractivity contribution in [3.63, 3.8) is 0 Å². The summed E-state index contributed by atoms with van der Waals surface area (Å²) in [4.78, 5) is 52.3. The van der Waals surface area contributed by atoms with Gasteiger partial charge in [-0.2, -0.15) is 0 Å². The van der Waals surface area contributed by atoms with Gasteiger partial charge in [0.1, 0.15) is 39.4 Å². The number of Topliss-reactive ketones (excluding diaryl/α,β-unsaturated/α-hetero) is 2. The molecular formula is C44H60Br2N8O4Si2. The molecule has 12 nitrogen and oxygen atoms in total. The summed E-state index contributed by atoms with van der Waals surface area (Å²) in [7, 11) is -2.27. The third kappa shape index (κ3) is 14.7. The van der Waals surface area contributed by atoms with Gasteiger partial charge in [0.25, 0.3) is 0 Å². The summed E-state index contributed by atoms with van der Waals surface area (Å²) in [5, 5.41) is 0. The third-order valence-corrected chi connectivity index (χ3v) is 13.2. The van der Waals surface area contributed by atoms with Crippen molar-refractivity contribution < 1.29 is 19.1 Å². The number of hydrogen-bond donors (Lipinski definition) is 0. The fourth-order valence-corrected chi connectivity index (χ4v) is 7.55. The molecule has 6 rings (SSSR count). The van der Waals surface area contributed by atoms with Crippen LogP contribution in [0.15, 0.2) is 82.8 Å². The van der Waals surface area contributed by atoms with E-state index in [-0.39, 0.29) is 11.6 Å². The maximum atomic E-state index is 13.1. The maximum absolute atomic E-state index is 13.1. The normalized spacial score (nSPS) is 12.2. The van der Waals surface area contributed by atoms with Crippen LogP contribution in [0.3, 0.4) is 0 Å². The zero-order valence-electron chi connectivity index (χ0n) is 37.1. The highest BCUT2D eigenvalue weighted by molar-refractivity contribution is 9.10. The lowest BCUT2D eigenvalue weighted by Gasteiger charge is -2.16. The van der Waals surface area contributed by atoms with Crippen molar-refractivity contribution in [2.75, 3.05) is 13.2 Å². The summed E-state index contributed by atoms with van der Waals surface area (Å²) >= 11 is 6.54. The molecule has 0 aliphatic rings. The second kappa shape index (κ2) is 20.8. The molecule has 322 valence electrons. The minimum atomic E-state index is -1.15. The maximum Gasteiger partial charge on any atom is 0.171 e. The molecule has 0 amide bonds. The molecule has 60 heavy (non-hydrogen) atoms. The third-order valence-electron chi connectivity index (χ3n) is 8.96. The van der Waals surface area contributed by atoms with Gasteiger partial charge in [-0.15, -0.1) is 0 Å². The lowest BCUT2D eigenvalue weighted by Crippen LogP contribution is -2.22. The van der Waals surface area contributed by atoms with E-state index in [0.29, 0.717) is 63.8 Å². The molecule has 0 unspecified atom stereocenters. The molecule has 0 aliphatic heterocycles. The van der Waals surface area contributed by atoms with Crippen LogP contribution in [-0.2, 0) is 22.9 Å². The minimum absolute atomic E-state index is 0.0378. The highest BCUT2D eigenvalue weighted by Gasteiger charge is 2.29. The van der Waals surface area contributed by atoms with Crippen LogP contribution in [-0.4, -0.2) is 80.0 Å². The lowest BCUT2D eigenvalue weighted by molar-refractivity contribution is 0.0842. The number of nitrogens with zero attached hydrogens (tertiary/aromatic N) is 8. The highest BCUT2D eigenvalue weighted by Crippen LogP contribution is 2.29. The Bertz CT molecular complexity index is 2350. The Labute approximate surface area is 373 Å². The molecule has 0 radical (unpaired) electrons. The number of pyridine rings is 2. The number of halogens is 2. The van der Waals surface area contributed by atoms with Crippen LogP contribution in [0.2, 0.25) is 51.4 Å². The zero-order chi connectivity index (χ0) is 44.5. The van der Waals surface area contributed by atoms with E-state index in [9.17, 15) is 9.59 Å². The average molecular weight is 981 g/mol. The number of hydrogen-bond acceptors (Lipinski definition) is 10. The van der Waals surface area contributed by atoms with Crippen molar-refractivity contribution in [1.82, 2.24) is 39.0 Å². The number of carbonyl (C=O) groups excluding carboxylic acids is 2. The van der Waals surface area contributed by atoms with Gasteiger partial charge in [0.2, 0.25) is 0 Å². The summed E-state index contributed by atoms with van der Waals surface area (Å²) in [6.07, 6.45) is 10.5. The van der Waals surface area contributed by atoms with Gasteiger partial charge in [0.15, 0.2) is 22.9 Å². The van der Waals surface area contributed by atoms with Crippen LogP contribution in [0, 0.1) is 10.8 Å². The van der Waals surface area contributed by atoms with Crippen molar-refractivity contribution in [2.24, 2.45) is 10.8 Å². The second-order valence-corrected chi connectivity index (χ2v) is 31.9. The molecule has 0 saturated heterocycles. The van der Waals surface area contributed by atoms with Crippen molar-refractivity contribution in [1.29, 1.82) is 0 Å². The smallest absolute Gasteiger partial charge is 0.171 e. The van der Waals surface area contributed by atoms with Crippen molar-refractivity contribution in [2.45, 2.75) is 106 Å². The van der Waals surface area contributed by atoms with Gasteiger partial charge < -0.3 is 18.6 Å². The number of aromatic nitrogens is 8. The van der Waals surface area contributed by atoms with E-state index >= 15 is 0 Å². The fourth-order valence-electron chi connectivity index (χ4n) is 5.48. The highest BCUT2D eigenvalue weighted by atomic mass is 79.9. The quantitative estimate of drug-likeness (QED) is 0.0475. The van der Waals surface area contributed by atoms with E-state index in [2.05, 4.69) is 96.1 Å². The number of fused-ring (bicyclic) bond motifs is 2. The zero-order valence-corrected chi connectivity index (χ0v) is 42.3. The van der Waals surface area contributed by atoms with Crippen LogP contribution in [0.5, 0.6) is 0 Å². The summed E-state index contributed by atoms with van der Waals surface area (Å²) < 4.78 is 17.0. The summed E-state index contributed by atoms with van der Waals surface area (Å²) in [6, 6.07) is 13.6. The SMILES string of the molecule is Brc1ccccn1.CC(C)(C)C(=O)c1cn(COCC[Si](C)(C)C)c2ncc(-c3ccccn3)nc12.CC(C)(C)C(=O)c1cn(COCC[Si](C)(C)C)c2ncc(Br)nc12. The molecular weight excluding hydrogens is 921 g/mol. The second-order valence-electron chi connectivity index (χ2n) is 19.0. The molecule has 0 aromatic carbocycles. The Morgan fingerprint density at radius 3 is 1.47 bits per heavy atom. The van der Waals surface area contributed by atoms with Crippen molar-refractivity contribution in [3.8, 4) is 11.4 Å². The number of ether oxygens (including phenoxy) is 2. The van der Waals surface area contributed by atoms with E-state index in [0.717, 1.165) is 29.0 Å². The van der Waals surface area contributed by atoms with Crippen LogP contribution < -0.4 is 0 Å². The fraction of sp³-hybridized carbons (Fsp3) is 0.455. The predicted molar refractivity (Wildman–Crippen MR) is 254 cm³/mol.